The van der Waals surface area contributed by atoms with Crippen LogP contribution in [0.3, 0.4) is 0 Å². The second kappa shape index (κ2) is 7.28. The molecular weight excluding hydrogens is 240 g/mol. The first-order chi connectivity index (χ1) is 9.33. The first-order valence-corrected chi connectivity index (χ1v) is 6.75. The second-order valence-electron chi connectivity index (χ2n) is 4.65. The molecule has 2 aromatic rings. The number of aliphatic hydroxyl groups is 1. The zero-order chi connectivity index (χ0) is 13.5. The van der Waals surface area contributed by atoms with Gasteiger partial charge in [0.2, 0.25) is 0 Å². The van der Waals surface area contributed by atoms with Gasteiger partial charge in [-0.3, -0.25) is 0 Å². The van der Waals surface area contributed by atoms with E-state index in [1.165, 1.54) is 16.5 Å². The van der Waals surface area contributed by atoms with Crippen LogP contribution in [0.25, 0.3) is 10.9 Å². The predicted molar refractivity (Wildman–Crippen MR) is 77.1 cm³/mol. The lowest BCUT2D eigenvalue weighted by molar-refractivity contribution is 0.0907. The highest BCUT2D eigenvalue weighted by atomic mass is 16.5. The van der Waals surface area contributed by atoms with Gasteiger partial charge in [0.1, 0.15) is 0 Å². The first-order valence-electron chi connectivity index (χ1n) is 6.75. The smallest absolute Gasteiger partial charge is 0.0697 e. The summed E-state index contributed by atoms with van der Waals surface area (Å²) in [5.41, 5.74) is 2.60. The molecule has 0 saturated carbocycles. The van der Waals surface area contributed by atoms with Crippen molar-refractivity contribution in [1.82, 2.24) is 9.88 Å². The van der Waals surface area contributed by atoms with Crippen molar-refractivity contribution < 1.29 is 9.84 Å². The van der Waals surface area contributed by atoms with Gasteiger partial charge in [-0.2, -0.15) is 0 Å². The maximum Gasteiger partial charge on any atom is 0.0697 e. The van der Waals surface area contributed by atoms with E-state index in [0.717, 1.165) is 19.5 Å². The van der Waals surface area contributed by atoms with Crippen molar-refractivity contribution in [3.63, 3.8) is 0 Å². The molecule has 4 nitrogen and oxygen atoms in total. The Balaban J connectivity index is 1.79. The average molecular weight is 262 g/mol. The van der Waals surface area contributed by atoms with Gasteiger partial charge in [-0.1, -0.05) is 18.2 Å². The first kappa shape index (κ1) is 14.1. The Kier molecular flexibility index (Phi) is 5.39. The van der Waals surface area contributed by atoms with Gasteiger partial charge in [-0.05, 0) is 24.6 Å². The lowest BCUT2D eigenvalue weighted by Crippen LogP contribution is -2.16. The molecule has 2 rings (SSSR count). The van der Waals surface area contributed by atoms with Crippen LogP contribution < -0.4 is 5.32 Å². The zero-order valence-corrected chi connectivity index (χ0v) is 11.4. The number of fused-ring (bicyclic) bond motifs is 1. The molecule has 0 radical (unpaired) electrons. The third kappa shape index (κ3) is 3.80. The van der Waals surface area contributed by atoms with Crippen LogP contribution in [0.2, 0.25) is 0 Å². The van der Waals surface area contributed by atoms with E-state index in [1.807, 2.05) is 0 Å². The molecule has 4 heteroatoms. The number of ether oxygens (including phenoxy) is 1. The number of hydrogen-bond acceptors (Lipinski definition) is 3. The molecule has 1 aromatic carbocycles. The molecule has 0 aliphatic carbocycles. The lowest BCUT2D eigenvalue weighted by Gasteiger charge is -2.04. The monoisotopic (exact) mass is 262 g/mol. The van der Waals surface area contributed by atoms with Crippen molar-refractivity contribution in [2.75, 3.05) is 26.4 Å². The summed E-state index contributed by atoms with van der Waals surface area (Å²) in [5, 5.41) is 13.3. The maximum absolute atomic E-state index is 8.58. The molecule has 0 unspecified atom stereocenters. The van der Waals surface area contributed by atoms with Gasteiger partial charge in [-0.15, -0.1) is 0 Å². The summed E-state index contributed by atoms with van der Waals surface area (Å²) in [7, 11) is 2.08. The number of aromatic nitrogens is 1. The highest BCUT2D eigenvalue weighted by Crippen LogP contribution is 2.19. The molecule has 0 atom stereocenters. The number of aliphatic hydroxyl groups excluding tert-OH is 1. The Morgan fingerprint density at radius 1 is 1.26 bits per heavy atom. The molecule has 19 heavy (non-hydrogen) atoms. The summed E-state index contributed by atoms with van der Waals surface area (Å²) in [4.78, 5) is 0. The van der Waals surface area contributed by atoms with E-state index in [1.54, 1.807) is 0 Å². The Labute approximate surface area is 114 Å². The quantitative estimate of drug-likeness (QED) is 0.711. The van der Waals surface area contributed by atoms with Crippen molar-refractivity contribution in [2.45, 2.75) is 13.0 Å². The summed E-state index contributed by atoms with van der Waals surface area (Å²) in [6, 6.07) is 8.45. The van der Waals surface area contributed by atoms with Crippen LogP contribution in [0.5, 0.6) is 0 Å². The summed E-state index contributed by atoms with van der Waals surface area (Å²) in [6.45, 7) is 3.03. The minimum atomic E-state index is 0.101. The normalized spacial score (nSPS) is 11.3. The van der Waals surface area contributed by atoms with Crippen LogP contribution in [0.4, 0.5) is 0 Å². The van der Waals surface area contributed by atoms with E-state index in [4.69, 9.17) is 9.84 Å². The number of nitrogens with zero attached hydrogens (tertiary/aromatic N) is 1. The fraction of sp³-hybridized carbons (Fsp3) is 0.467. The summed E-state index contributed by atoms with van der Waals surface area (Å²) in [6.07, 6.45) is 3.14. The third-order valence-electron chi connectivity index (χ3n) is 3.17. The summed E-state index contributed by atoms with van der Waals surface area (Å²) in [5.74, 6) is 0. The standard InChI is InChI=1S/C15H22N2O2/c1-17-12-13(14-5-2-3-6-15(14)17)11-16-7-4-9-19-10-8-18/h2-3,5-6,12,16,18H,4,7-11H2,1H3. The molecule has 1 heterocycles. The van der Waals surface area contributed by atoms with Crippen molar-refractivity contribution in [3.8, 4) is 0 Å². The number of rotatable bonds is 8. The van der Waals surface area contributed by atoms with Crippen LogP contribution in [-0.2, 0) is 18.3 Å². The topological polar surface area (TPSA) is 46.4 Å². The minimum absolute atomic E-state index is 0.101. The zero-order valence-electron chi connectivity index (χ0n) is 11.4. The fourth-order valence-corrected chi connectivity index (χ4v) is 2.26. The summed E-state index contributed by atoms with van der Waals surface area (Å²) < 4.78 is 7.38. The highest BCUT2D eigenvalue weighted by Gasteiger charge is 2.04. The Hall–Kier alpha value is -1.36. The third-order valence-corrected chi connectivity index (χ3v) is 3.17. The molecule has 0 fully saturated rings. The van der Waals surface area contributed by atoms with Crippen LogP contribution in [-0.4, -0.2) is 36.0 Å². The lowest BCUT2D eigenvalue weighted by atomic mass is 10.2. The number of para-hydroxylation sites is 1. The molecule has 2 N–H and O–H groups in total. The number of benzene rings is 1. The van der Waals surface area contributed by atoms with Gasteiger partial charge >= 0.3 is 0 Å². The van der Waals surface area contributed by atoms with Crippen LogP contribution >= 0.6 is 0 Å². The highest BCUT2D eigenvalue weighted by molar-refractivity contribution is 5.83. The predicted octanol–water partition coefficient (Wildman–Crippen LogP) is 1.67. The Bertz CT molecular complexity index is 508. The van der Waals surface area contributed by atoms with Crippen molar-refractivity contribution in [3.05, 3.63) is 36.0 Å². The van der Waals surface area contributed by atoms with E-state index in [9.17, 15) is 0 Å². The van der Waals surface area contributed by atoms with Gasteiger partial charge in [0.25, 0.3) is 0 Å². The molecule has 0 aliphatic heterocycles. The van der Waals surface area contributed by atoms with Gasteiger partial charge < -0.3 is 19.7 Å². The SMILES string of the molecule is Cn1cc(CNCCCOCCO)c2ccccc21. The fourth-order valence-electron chi connectivity index (χ4n) is 2.26. The van der Waals surface area contributed by atoms with Gasteiger partial charge in [0.15, 0.2) is 0 Å². The van der Waals surface area contributed by atoms with Gasteiger partial charge in [0, 0.05) is 37.3 Å². The van der Waals surface area contributed by atoms with Crippen LogP contribution in [0, 0.1) is 0 Å². The molecule has 0 amide bonds. The minimum Gasteiger partial charge on any atom is -0.394 e. The van der Waals surface area contributed by atoms with Gasteiger partial charge in [-0.25, -0.2) is 0 Å². The number of nitrogens with one attached hydrogen (secondary N) is 1. The second-order valence-corrected chi connectivity index (χ2v) is 4.65. The van der Waals surface area contributed by atoms with Crippen molar-refractivity contribution in [1.29, 1.82) is 0 Å². The Morgan fingerprint density at radius 2 is 2.11 bits per heavy atom. The molecule has 0 aliphatic rings. The summed E-state index contributed by atoms with van der Waals surface area (Å²) >= 11 is 0. The average Bonchev–Trinajstić information content (AvgIpc) is 2.75. The number of hydrogen-bond donors (Lipinski definition) is 2. The van der Waals surface area contributed by atoms with Crippen molar-refractivity contribution >= 4 is 10.9 Å². The molecule has 1 aromatic heterocycles. The largest absolute Gasteiger partial charge is 0.394 e. The maximum atomic E-state index is 8.58. The molecule has 0 bridgehead atoms. The van der Waals surface area contributed by atoms with E-state index >= 15 is 0 Å². The molecular formula is C15H22N2O2. The van der Waals surface area contributed by atoms with E-state index < -0.39 is 0 Å². The molecule has 104 valence electrons. The number of aryl methyl sites for hydroxylation is 1. The van der Waals surface area contributed by atoms with Crippen LogP contribution in [0.15, 0.2) is 30.5 Å². The molecule has 0 spiro atoms. The van der Waals surface area contributed by atoms with Crippen molar-refractivity contribution in [2.24, 2.45) is 7.05 Å². The van der Waals surface area contributed by atoms with E-state index in [2.05, 4.69) is 47.4 Å². The Morgan fingerprint density at radius 3 is 2.95 bits per heavy atom. The molecule has 0 saturated heterocycles. The van der Waals surface area contributed by atoms with E-state index in [0.29, 0.717) is 13.2 Å². The van der Waals surface area contributed by atoms with E-state index in [-0.39, 0.29) is 6.61 Å². The van der Waals surface area contributed by atoms with Crippen LogP contribution in [0.1, 0.15) is 12.0 Å². The van der Waals surface area contributed by atoms with Gasteiger partial charge in [0.05, 0.1) is 13.2 Å².